The van der Waals surface area contributed by atoms with E-state index < -0.39 is 0 Å². The molecule has 0 saturated carbocycles. The number of nitrogens with zero attached hydrogens (tertiary/aromatic N) is 1. The highest BCUT2D eigenvalue weighted by Gasteiger charge is 2.32. The fraction of sp³-hybridized carbons (Fsp3) is 0.588. The normalized spacial score (nSPS) is 26.1. The molecule has 21 heavy (non-hydrogen) atoms. The first-order valence-corrected chi connectivity index (χ1v) is 8.81. The summed E-state index contributed by atoms with van der Waals surface area (Å²) in [6, 6.07) is 8.26. The molecule has 114 valence electrons. The van der Waals surface area contributed by atoms with E-state index in [-0.39, 0.29) is 5.91 Å². The largest absolute Gasteiger partial charge is 0.352 e. The van der Waals surface area contributed by atoms with Crippen molar-refractivity contribution in [1.82, 2.24) is 10.2 Å². The molecule has 2 atom stereocenters. The third-order valence-corrected chi connectivity index (χ3v) is 5.39. The Balaban J connectivity index is 1.56. The van der Waals surface area contributed by atoms with Gasteiger partial charge in [-0.05, 0) is 69.0 Å². The van der Waals surface area contributed by atoms with E-state index in [0.29, 0.717) is 12.0 Å². The lowest BCUT2D eigenvalue weighted by Crippen LogP contribution is -2.51. The molecule has 0 aromatic heterocycles. The first-order valence-electron chi connectivity index (χ1n) is 8.02. The van der Waals surface area contributed by atoms with E-state index in [1.165, 1.54) is 45.2 Å². The Morgan fingerprint density at radius 1 is 1.14 bits per heavy atom. The average molecular weight is 351 g/mol. The van der Waals surface area contributed by atoms with Crippen LogP contribution in [0.25, 0.3) is 0 Å². The second-order valence-corrected chi connectivity index (χ2v) is 7.13. The Hall–Kier alpha value is -0.870. The molecule has 3 nitrogen and oxygen atoms in total. The fourth-order valence-corrected chi connectivity index (χ4v) is 4.01. The molecular weight excluding hydrogens is 328 g/mol. The number of nitrogens with one attached hydrogen (secondary N) is 1. The highest BCUT2D eigenvalue weighted by atomic mass is 79.9. The van der Waals surface area contributed by atoms with Crippen LogP contribution in [0.2, 0.25) is 0 Å². The van der Waals surface area contributed by atoms with Crippen molar-refractivity contribution < 1.29 is 4.79 Å². The van der Waals surface area contributed by atoms with Gasteiger partial charge in [-0.2, -0.15) is 0 Å². The minimum atomic E-state index is 0.0513. The summed E-state index contributed by atoms with van der Waals surface area (Å²) in [5.41, 5.74) is 0.745. The maximum absolute atomic E-state index is 12.2. The second-order valence-electron chi connectivity index (χ2n) is 6.22. The lowest BCUT2D eigenvalue weighted by molar-refractivity contribution is 0.0575. The number of hydrogen-bond donors (Lipinski definition) is 1. The Bertz CT molecular complexity index is 486. The molecule has 0 spiro atoms. The van der Waals surface area contributed by atoms with Gasteiger partial charge in [-0.15, -0.1) is 0 Å². The molecule has 1 aromatic carbocycles. The van der Waals surface area contributed by atoms with E-state index in [1.807, 2.05) is 24.3 Å². The van der Waals surface area contributed by atoms with Crippen molar-refractivity contribution in [1.29, 1.82) is 0 Å². The van der Waals surface area contributed by atoms with Crippen LogP contribution in [0.4, 0.5) is 0 Å². The summed E-state index contributed by atoms with van der Waals surface area (Å²) in [6.45, 7) is 3.32. The van der Waals surface area contributed by atoms with Crippen LogP contribution in [0.1, 0.15) is 42.5 Å². The Morgan fingerprint density at radius 3 is 2.71 bits per heavy atom. The van der Waals surface area contributed by atoms with Crippen LogP contribution in [-0.2, 0) is 0 Å². The maximum atomic E-state index is 12.2. The van der Waals surface area contributed by atoms with Crippen molar-refractivity contribution in [2.75, 3.05) is 19.6 Å². The molecule has 1 amide bonds. The molecule has 3 rings (SSSR count). The minimum Gasteiger partial charge on any atom is -0.352 e. The van der Waals surface area contributed by atoms with Gasteiger partial charge >= 0.3 is 0 Å². The van der Waals surface area contributed by atoms with E-state index in [2.05, 4.69) is 26.1 Å². The summed E-state index contributed by atoms with van der Waals surface area (Å²) < 4.78 is 1.00. The summed E-state index contributed by atoms with van der Waals surface area (Å²) in [6.07, 6.45) is 6.52. The summed E-state index contributed by atoms with van der Waals surface area (Å²) in [4.78, 5) is 14.9. The van der Waals surface area contributed by atoms with Gasteiger partial charge in [0.25, 0.3) is 5.91 Å². The first-order chi connectivity index (χ1) is 10.2. The van der Waals surface area contributed by atoms with E-state index in [4.69, 9.17) is 0 Å². The molecule has 0 radical (unpaired) electrons. The van der Waals surface area contributed by atoms with Crippen LogP contribution in [0.15, 0.2) is 28.7 Å². The van der Waals surface area contributed by atoms with Gasteiger partial charge in [0.15, 0.2) is 0 Å². The van der Waals surface area contributed by atoms with Crippen molar-refractivity contribution in [2.24, 2.45) is 5.92 Å². The minimum absolute atomic E-state index is 0.0513. The number of rotatable bonds is 3. The average Bonchev–Trinajstić information content (AvgIpc) is 2.53. The van der Waals surface area contributed by atoms with E-state index in [9.17, 15) is 4.79 Å². The third kappa shape index (κ3) is 3.67. The molecule has 2 heterocycles. The molecule has 2 fully saturated rings. The molecule has 0 aliphatic carbocycles. The molecule has 2 unspecified atom stereocenters. The van der Waals surface area contributed by atoms with Gasteiger partial charge in [-0.25, -0.2) is 0 Å². The third-order valence-electron chi connectivity index (χ3n) is 4.86. The highest BCUT2D eigenvalue weighted by molar-refractivity contribution is 9.10. The smallest absolute Gasteiger partial charge is 0.251 e. The summed E-state index contributed by atoms with van der Waals surface area (Å²) in [5.74, 6) is 0.675. The van der Waals surface area contributed by atoms with Crippen molar-refractivity contribution in [3.8, 4) is 0 Å². The van der Waals surface area contributed by atoms with Crippen molar-refractivity contribution in [2.45, 2.75) is 38.1 Å². The van der Waals surface area contributed by atoms with Gasteiger partial charge in [0.1, 0.15) is 0 Å². The second kappa shape index (κ2) is 6.93. The zero-order valence-electron chi connectivity index (χ0n) is 12.4. The van der Waals surface area contributed by atoms with E-state index >= 15 is 0 Å². The summed E-state index contributed by atoms with van der Waals surface area (Å²) in [5, 5.41) is 3.14. The number of hydrogen-bond acceptors (Lipinski definition) is 2. The number of carbonyl (C=O) groups is 1. The van der Waals surface area contributed by atoms with Gasteiger partial charge < -0.3 is 10.2 Å². The van der Waals surface area contributed by atoms with Gasteiger partial charge in [-0.1, -0.05) is 22.4 Å². The van der Waals surface area contributed by atoms with Crippen molar-refractivity contribution >= 4 is 21.8 Å². The van der Waals surface area contributed by atoms with Crippen LogP contribution < -0.4 is 5.32 Å². The number of benzene rings is 1. The van der Waals surface area contributed by atoms with Crippen LogP contribution in [0.5, 0.6) is 0 Å². The van der Waals surface area contributed by atoms with Gasteiger partial charge in [0.05, 0.1) is 0 Å². The molecule has 1 N–H and O–H groups in total. The summed E-state index contributed by atoms with van der Waals surface area (Å²) >= 11 is 3.40. The molecule has 4 heteroatoms. The van der Waals surface area contributed by atoms with Crippen LogP contribution in [-0.4, -0.2) is 36.5 Å². The van der Waals surface area contributed by atoms with Crippen LogP contribution in [0, 0.1) is 5.92 Å². The predicted molar refractivity (Wildman–Crippen MR) is 88.4 cm³/mol. The Morgan fingerprint density at radius 2 is 1.90 bits per heavy atom. The van der Waals surface area contributed by atoms with Crippen LogP contribution in [0.3, 0.4) is 0 Å². The first kappa shape index (κ1) is 15.0. The predicted octanol–water partition coefficient (Wildman–Crippen LogP) is 3.44. The van der Waals surface area contributed by atoms with Crippen molar-refractivity contribution in [3.63, 3.8) is 0 Å². The standard InChI is InChI=1S/C17H23BrN2O/c18-15-8-6-13(7-9-15)17(21)19-12-14-4-3-11-20-10-2-1-5-16(14)20/h6-9,14,16H,1-5,10-12H2,(H,19,21). The van der Waals surface area contributed by atoms with Gasteiger partial charge in [0.2, 0.25) is 0 Å². The number of halogens is 1. The molecule has 0 bridgehead atoms. The fourth-order valence-electron chi connectivity index (χ4n) is 3.74. The molecule has 1 aromatic rings. The van der Waals surface area contributed by atoms with E-state index in [0.717, 1.165) is 16.6 Å². The quantitative estimate of drug-likeness (QED) is 0.905. The SMILES string of the molecule is O=C(NCC1CCCN2CCCCC12)c1ccc(Br)cc1. The number of amides is 1. The Kier molecular flexibility index (Phi) is 4.96. The number of carbonyl (C=O) groups excluding carboxylic acids is 1. The van der Waals surface area contributed by atoms with Crippen LogP contribution >= 0.6 is 15.9 Å². The number of fused-ring (bicyclic) bond motifs is 1. The number of piperidine rings is 2. The lowest BCUT2D eigenvalue weighted by Gasteiger charge is -2.44. The Labute approximate surface area is 135 Å². The lowest BCUT2D eigenvalue weighted by atomic mass is 9.83. The molecule has 2 aliphatic heterocycles. The highest BCUT2D eigenvalue weighted by Crippen LogP contribution is 2.30. The van der Waals surface area contributed by atoms with Gasteiger partial charge in [0, 0.05) is 22.6 Å². The molecule has 2 aliphatic rings. The van der Waals surface area contributed by atoms with Crippen molar-refractivity contribution in [3.05, 3.63) is 34.3 Å². The zero-order valence-corrected chi connectivity index (χ0v) is 13.9. The molecular formula is C17H23BrN2O. The topological polar surface area (TPSA) is 32.3 Å². The van der Waals surface area contributed by atoms with E-state index in [1.54, 1.807) is 0 Å². The monoisotopic (exact) mass is 350 g/mol. The van der Waals surface area contributed by atoms with Gasteiger partial charge in [-0.3, -0.25) is 4.79 Å². The molecule has 2 saturated heterocycles. The maximum Gasteiger partial charge on any atom is 0.251 e. The summed E-state index contributed by atoms with van der Waals surface area (Å²) in [7, 11) is 0. The zero-order chi connectivity index (χ0) is 14.7.